The van der Waals surface area contributed by atoms with Crippen LogP contribution in [0.25, 0.3) is 10.9 Å². The van der Waals surface area contributed by atoms with Crippen LogP contribution in [0.4, 0.5) is 5.69 Å². The van der Waals surface area contributed by atoms with Gasteiger partial charge in [-0.1, -0.05) is 6.07 Å². The summed E-state index contributed by atoms with van der Waals surface area (Å²) in [7, 11) is 0. The van der Waals surface area contributed by atoms with Crippen molar-refractivity contribution in [1.82, 2.24) is 9.88 Å². The SMILES string of the molecule is O=C(CN1CSCC1=O)Nc1cccc2ncccc12. The minimum absolute atomic E-state index is 0.0183. The lowest BCUT2D eigenvalue weighted by Crippen LogP contribution is -2.34. The summed E-state index contributed by atoms with van der Waals surface area (Å²) in [4.78, 5) is 29.3. The van der Waals surface area contributed by atoms with Crippen molar-refractivity contribution in [2.45, 2.75) is 0 Å². The quantitative estimate of drug-likeness (QED) is 0.933. The fourth-order valence-electron chi connectivity index (χ4n) is 2.12. The van der Waals surface area contributed by atoms with Crippen LogP contribution in [0.1, 0.15) is 0 Å². The number of benzene rings is 1. The lowest BCUT2D eigenvalue weighted by molar-refractivity contribution is -0.130. The Bertz CT molecular complexity index is 669. The third kappa shape index (κ3) is 2.60. The van der Waals surface area contributed by atoms with E-state index in [0.29, 0.717) is 11.6 Å². The number of amides is 2. The van der Waals surface area contributed by atoms with Crippen molar-refractivity contribution in [2.75, 3.05) is 23.5 Å². The second-order valence-electron chi connectivity index (χ2n) is 4.49. The number of rotatable bonds is 3. The second-order valence-corrected chi connectivity index (χ2v) is 5.45. The molecule has 1 aromatic heterocycles. The Labute approximate surface area is 120 Å². The molecule has 1 aromatic carbocycles. The highest BCUT2D eigenvalue weighted by atomic mass is 32.2. The van der Waals surface area contributed by atoms with E-state index in [1.807, 2.05) is 30.3 Å². The maximum atomic E-state index is 12.0. The van der Waals surface area contributed by atoms with Gasteiger partial charge in [0.25, 0.3) is 0 Å². The molecular formula is C14H13N3O2S. The van der Waals surface area contributed by atoms with Crippen LogP contribution < -0.4 is 5.32 Å². The summed E-state index contributed by atoms with van der Waals surface area (Å²) >= 11 is 1.53. The van der Waals surface area contributed by atoms with Crippen molar-refractivity contribution >= 4 is 40.2 Å². The Hall–Kier alpha value is -2.08. The minimum atomic E-state index is -0.183. The number of nitrogens with zero attached hydrogens (tertiary/aromatic N) is 2. The molecular weight excluding hydrogens is 274 g/mol. The van der Waals surface area contributed by atoms with Crippen molar-refractivity contribution in [3.8, 4) is 0 Å². The highest BCUT2D eigenvalue weighted by molar-refractivity contribution is 8.00. The first kappa shape index (κ1) is 12.9. The van der Waals surface area contributed by atoms with Crippen molar-refractivity contribution < 1.29 is 9.59 Å². The van der Waals surface area contributed by atoms with Gasteiger partial charge in [-0.2, -0.15) is 0 Å². The summed E-state index contributed by atoms with van der Waals surface area (Å²) in [6, 6.07) is 9.32. The molecule has 0 unspecified atom stereocenters. The predicted octanol–water partition coefficient (Wildman–Crippen LogP) is 1.71. The highest BCUT2D eigenvalue weighted by Gasteiger charge is 2.22. The number of carbonyl (C=O) groups is 2. The van der Waals surface area contributed by atoms with E-state index in [9.17, 15) is 9.59 Å². The Balaban J connectivity index is 1.76. The van der Waals surface area contributed by atoms with E-state index in [2.05, 4.69) is 10.3 Å². The number of thioether (sulfide) groups is 1. The molecule has 6 heteroatoms. The standard InChI is InChI=1S/C14H13N3O2S/c18-13(7-17-9-20-8-14(17)19)16-12-5-1-4-11-10(12)3-2-6-15-11/h1-6H,7-9H2,(H,16,18). The molecule has 0 atom stereocenters. The van der Waals surface area contributed by atoms with Crippen molar-refractivity contribution in [3.05, 3.63) is 36.5 Å². The number of nitrogens with one attached hydrogen (secondary N) is 1. The van der Waals surface area contributed by atoms with Gasteiger partial charge in [0.15, 0.2) is 0 Å². The molecule has 2 heterocycles. The largest absolute Gasteiger partial charge is 0.324 e. The second kappa shape index (κ2) is 5.50. The molecule has 1 aliphatic rings. The van der Waals surface area contributed by atoms with Crippen LogP contribution >= 0.6 is 11.8 Å². The summed E-state index contributed by atoms with van der Waals surface area (Å²) < 4.78 is 0. The van der Waals surface area contributed by atoms with E-state index >= 15 is 0 Å². The van der Waals surface area contributed by atoms with Crippen molar-refractivity contribution in [3.63, 3.8) is 0 Å². The van der Waals surface area contributed by atoms with Gasteiger partial charge in [0.2, 0.25) is 11.8 Å². The smallest absolute Gasteiger partial charge is 0.244 e. The van der Waals surface area contributed by atoms with Gasteiger partial charge in [-0.05, 0) is 24.3 Å². The molecule has 1 aliphatic heterocycles. The zero-order valence-corrected chi connectivity index (χ0v) is 11.5. The molecule has 1 fully saturated rings. The number of hydrogen-bond donors (Lipinski definition) is 1. The van der Waals surface area contributed by atoms with Crippen LogP contribution in [0.2, 0.25) is 0 Å². The number of hydrogen-bond acceptors (Lipinski definition) is 4. The molecule has 0 radical (unpaired) electrons. The van der Waals surface area contributed by atoms with Gasteiger partial charge < -0.3 is 10.2 Å². The molecule has 0 aliphatic carbocycles. The van der Waals surface area contributed by atoms with E-state index in [1.165, 1.54) is 11.8 Å². The molecule has 1 saturated heterocycles. The van der Waals surface area contributed by atoms with Gasteiger partial charge in [0.1, 0.15) is 6.54 Å². The zero-order valence-electron chi connectivity index (χ0n) is 10.7. The summed E-state index contributed by atoms with van der Waals surface area (Å²) in [5.41, 5.74) is 1.55. The molecule has 0 saturated carbocycles. The lowest BCUT2D eigenvalue weighted by Gasteiger charge is -2.14. The molecule has 5 nitrogen and oxygen atoms in total. The van der Waals surface area contributed by atoms with E-state index in [1.54, 1.807) is 11.1 Å². The van der Waals surface area contributed by atoms with Gasteiger partial charge >= 0.3 is 0 Å². The lowest BCUT2D eigenvalue weighted by atomic mass is 10.2. The summed E-state index contributed by atoms with van der Waals surface area (Å²) in [5, 5.41) is 3.74. The van der Waals surface area contributed by atoms with Crippen LogP contribution in [0.3, 0.4) is 0 Å². The Morgan fingerprint density at radius 2 is 2.25 bits per heavy atom. The summed E-state index contributed by atoms with van der Waals surface area (Å²) in [5.74, 6) is 0.886. The van der Waals surface area contributed by atoms with Gasteiger partial charge in [-0.15, -0.1) is 11.8 Å². The maximum Gasteiger partial charge on any atom is 0.244 e. The molecule has 0 bridgehead atoms. The van der Waals surface area contributed by atoms with Gasteiger partial charge in [-0.25, -0.2) is 0 Å². The topological polar surface area (TPSA) is 62.3 Å². The fourth-order valence-corrected chi connectivity index (χ4v) is 3.02. The van der Waals surface area contributed by atoms with Crippen LogP contribution in [-0.4, -0.2) is 39.9 Å². The Morgan fingerprint density at radius 3 is 3.05 bits per heavy atom. The highest BCUT2D eigenvalue weighted by Crippen LogP contribution is 2.21. The van der Waals surface area contributed by atoms with Crippen LogP contribution in [-0.2, 0) is 9.59 Å². The minimum Gasteiger partial charge on any atom is -0.324 e. The monoisotopic (exact) mass is 287 g/mol. The summed E-state index contributed by atoms with van der Waals surface area (Å²) in [6.07, 6.45) is 1.72. The molecule has 1 N–H and O–H groups in total. The van der Waals surface area contributed by atoms with Crippen molar-refractivity contribution in [1.29, 1.82) is 0 Å². The third-order valence-electron chi connectivity index (χ3n) is 3.08. The molecule has 20 heavy (non-hydrogen) atoms. The zero-order chi connectivity index (χ0) is 13.9. The summed E-state index contributed by atoms with van der Waals surface area (Å²) in [6.45, 7) is 0.0997. The average molecular weight is 287 g/mol. The normalized spacial score (nSPS) is 14.8. The van der Waals surface area contributed by atoms with Crippen LogP contribution in [0, 0.1) is 0 Å². The average Bonchev–Trinajstić information content (AvgIpc) is 2.85. The molecule has 0 spiro atoms. The molecule has 2 amide bonds. The van der Waals surface area contributed by atoms with Gasteiger partial charge in [0.05, 0.1) is 22.8 Å². The van der Waals surface area contributed by atoms with E-state index < -0.39 is 0 Å². The first-order valence-electron chi connectivity index (χ1n) is 6.23. The number of carbonyl (C=O) groups excluding carboxylic acids is 2. The molecule has 102 valence electrons. The first-order valence-corrected chi connectivity index (χ1v) is 7.38. The number of fused-ring (bicyclic) bond motifs is 1. The number of aromatic nitrogens is 1. The maximum absolute atomic E-state index is 12.0. The number of anilines is 1. The van der Waals surface area contributed by atoms with Crippen molar-refractivity contribution in [2.24, 2.45) is 0 Å². The van der Waals surface area contributed by atoms with Crippen LogP contribution in [0.15, 0.2) is 36.5 Å². The fraction of sp³-hybridized carbons (Fsp3) is 0.214. The van der Waals surface area contributed by atoms with Gasteiger partial charge in [-0.3, -0.25) is 14.6 Å². The van der Waals surface area contributed by atoms with E-state index in [0.717, 1.165) is 16.6 Å². The van der Waals surface area contributed by atoms with E-state index in [-0.39, 0.29) is 18.4 Å². The Morgan fingerprint density at radius 1 is 1.35 bits per heavy atom. The molecule has 2 aromatic rings. The van der Waals surface area contributed by atoms with E-state index in [4.69, 9.17) is 0 Å². The van der Waals surface area contributed by atoms with Gasteiger partial charge in [0, 0.05) is 11.6 Å². The third-order valence-corrected chi connectivity index (χ3v) is 4.02. The first-order chi connectivity index (χ1) is 9.74. The van der Waals surface area contributed by atoms with Crippen LogP contribution in [0.5, 0.6) is 0 Å². The Kier molecular flexibility index (Phi) is 3.56. The number of pyridine rings is 1. The predicted molar refractivity (Wildman–Crippen MR) is 79.4 cm³/mol. The molecule has 3 rings (SSSR count).